The van der Waals surface area contributed by atoms with Gasteiger partial charge in [-0.25, -0.2) is 0 Å². The molecule has 0 fully saturated rings. The molecule has 0 unspecified atom stereocenters. The van der Waals surface area contributed by atoms with Crippen molar-refractivity contribution in [2.24, 2.45) is 0 Å². The van der Waals surface area contributed by atoms with E-state index in [1.165, 1.54) is 41.7 Å². The van der Waals surface area contributed by atoms with Gasteiger partial charge in [0.05, 0.1) is 22.3 Å². The molecule has 1 aromatic carbocycles. The number of amides is 3. The Morgan fingerprint density at radius 1 is 1.03 bits per heavy atom. The van der Waals surface area contributed by atoms with E-state index >= 15 is 0 Å². The molecule has 7 nitrogen and oxygen atoms in total. The molecule has 0 atom stereocenters. The maximum Gasteiger partial charge on any atom is 0.266 e. The van der Waals surface area contributed by atoms with Crippen LogP contribution in [0.25, 0.3) is 0 Å². The SMILES string of the molecule is CN(CC(=O)Nc1ccc(Cl)c(Cl)c1)C(=O)c1sccc1NC(=O)c1ccncc1. The van der Waals surface area contributed by atoms with Gasteiger partial charge in [0.1, 0.15) is 4.88 Å². The number of rotatable bonds is 6. The molecular formula is C20H16Cl2N4O3S. The molecule has 154 valence electrons. The highest BCUT2D eigenvalue weighted by molar-refractivity contribution is 7.12. The van der Waals surface area contributed by atoms with Crippen LogP contribution < -0.4 is 10.6 Å². The number of pyridine rings is 1. The van der Waals surface area contributed by atoms with E-state index < -0.39 is 5.91 Å². The number of hydrogen-bond acceptors (Lipinski definition) is 5. The standard InChI is InChI=1S/C20H16Cl2N4O3S/c1-26(11-17(27)24-13-2-3-14(21)15(22)10-13)20(29)18-16(6-9-30-18)25-19(28)12-4-7-23-8-5-12/h2-10H,11H2,1H3,(H,24,27)(H,25,28). The molecule has 0 spiro atoms. The minimum atomic E-state index is -0.400. The molecular weight excluding hydrogens is 447 g/mol. The highest BCUT2D eigenvalue weighted by Crippen LogP contribution is 2.26. The number of nitrogens with one attached hydrogen (secondary N) is 2. The van der Waals surface area contributed by atoms with E-state index in [1.807, 2.05) is 0 Å². The van der Waals surface area contributed by atoms with Gasteiger partial charge < -0.3 is 15.5 Å². The molecule has 10 heteroatoms. The number of hydrogen-bond donors (Lipinski definition) is 2. The second-order valence-electron chi connectivity index (χ2n) is 6.19. The lowest BCUT2D eigenvalue weighted by Gasteiger charge is -2.17. The van der Waals surface area contributed by atoms with E-state index in [0.29, 0.717) is 31.9 Å². The first kappa shape index (κ1) is 21.8. The molecule has 0 aliphatic rings. The van der Waals surface area contributed by atoms with Crippen LogP contribution in [0.2, 0.25) is 10.0 Å². The summed E-state index contributed by atoms with van der Waals surface area (Å²) in [5, 5.41) is 7.76. The maximum atomic E-state index is 12.8. The van der Waals surface area contributed by atoms with Gasteiger partial charge >= 0.3 is 0 Å². The van der Waals surface area contributed by atoms with Gasteiger partial charge in [-0.3, -0.25) is 19.4 Å². The number of likely N-dealkylation sites (N-methyl/N-ethyl adjacent to an activating group) is 1. The van der Waals surface area contributed by atoms with Crippen LogP contribution in [0.1, 0.15) is 20.0 Å². The smallest absolute Gasteiger partial charge is 0.266 e. The van der Waals surface area contributed by atoms with Gasteiger partial charge in [-0.05, 0) is 41.8 Å². The summed E-state index contributed by atoms with van der Waals surface area (Å²) in [6.45, 7) is -0.186. The predicted octanol–water partition coefficient (Wildman–Crippen LogP) is 4.41. The summed E-state index contributed by atoms with van der Waals surface area (Å²) in [6, 6.07) is 9.49. The minimum Gasteiger partial charge on any atom is -0.332 e. The molecule has 2 N–H and O–H groups in total. The summed E-state index contributed by atoms with van der Waals surface area (Å²) in [7, 11) is 1.50. The van der Waals surface area contributed by atoms with E-state index in [4.69, 9.17) is 23.2 Å². The average molecular weight is 463 g/mol. The number of carbonyl (C=O) groups excluding carboxylic acids is 3. The van der Waals surface area contributed by atoms with Gasteiger partial charge in [-0.15, -0.1) is 11.3 Å². The van der Waals surface area contributed by atoms with E-state index in [9.17, 15) is 14.4 Å². The Hall–Kier alpha value is -2.94. The van der Waals surface area contributed by atoms with Crippen molar-refractivity contribution in [2.75, 3.05) is 24.2 Å². The van der Waals surface area contributed by atoms with Gasteiger partial charge in [0.15, 0.2) is 0 Å². The average Bonchev–Trinajstić information content (AvgIpc) is 3.18. The summed E-state index contributed by atoms with van der Waals surface area (Å²) in [5.41, 5.74) is 1.27. The highest BCUT2D eigenvalue weighted by Gasteiger charge is 2.21. The summed E-state index contributed by atoms with van der Waals surface area (Å²) >= 11 is 13.0. The van der Waals surface area contributed by atoms with Crippen LogP contribution >= 0.6 is 34.5 Å². The van der Waals surface area contributed by atoms with Crippen molar-refractivity contribution in [3.05, 3.63) is 74.7 Å². The number of carbonyl (C=O) groups is 3. The molecule has 0 aliphatic carbocycles. The number of aromatic nitrogens is 1. The molecule has 3 aromatic rings. The van der Waals surface area contributed by atoms with E-state index in [1.54, 1.807) is 35.7 Å². The first-order valence-electron chi connectivity index (χ1n) is 8.64. The minimum absolute atomic E-state index is 0.186. The van der Waals surface area contributed by atoms with Crippen molar-refractivity contribution in [3.8, 4) is 0 Å². The largest absolute Gasteiger partial charge is 0.332 e. The van der Waals surface area contributed by atoms with Crippen molar-refractivity contribution >= 4 is 63.6 Å². The predicted molar refractivity (Wildman–Crippen MR) is 119 cm³/mol. The van der Waals surface area contributed by atoms with Crippen molar-refractivity contribution < 1.29 is 14.4 Å². The van der Waals surface area contributed by atoms with Crippen LogP contribution in [0.4, 0.5) is 11.4 Å². The fourth-order valence-electron chi connectivity index (χ4n) is 2.51. The van der Waals surface area contributed by atoms with Crippen molar-refractivity contribution in [1.82, 2.24) is 9.88 Å². The summed E-state index contributed by atoms with van der Waals surface area (Å²) in [6.07, 6.45) is 3.02. The van der Waals surface area contributed by atoms with E-state index in [0.717, 1.165) is 0 Å². The number of benzene rings is 1. The molecule has 0 bridgehead atoms. The Labute approximate surface area is 186 Å². The molecule has 2 aromatic heterocycles. The topological polar surface area (TPSA) is 91.4 Å². The van der Waals surface area contributed by atoms with E-state index in [2.05, 4.69) is 15.6 Å². The molecule has 0 aliphatic heterocycles. The monoisotopic (exact) mass is 462 g/mol. The van der Waals surface area contributed by atoms with Crippen LogP contribution in [0.15, 0.2) is 54.2 Å². The third-order valence-electron chi connectivity index (χ3n) is 3.98. The second kappa shape index (κ2) is 9.71. The number of thiophene rings is 1. The summed E-state index contributed by atoms with van der Waals surface area (Å²) < 4.78 is 0. The normalized spacial score (nSPS) is 10.4. The zero-order valence-corrected chi connectivity index (χ0v) is 18.0. The van der Waals surface area contributed by atoms with Gasteiger partial charge in [0.2, 0.25) is 5.91 Å². The molecule has 0 saturated carbocycles. The van der Waals surface area contributed by atoms with Crippen molar-refractivity contribution in [3.63, 3.8) is 0 Å². The lowest BCUT2D eigenvalue weighted by atomic mass is 10.2. The Kier molecular flexibility index (Phi) is 7.04. The third kappa shape index (κ3) is 5.35. The Morgan fingerprint density at radius 2 is 1.77 bits per heavy atom. The van der Waals surface area contributed by atoms with Gasteiger partial charge in [-0.2, -0.15) is 0 Å². The van der Waals surface area contributed by atoms with Crippen LogP contribution in [0, 0.1) is 0 Å². The Balaban J connectivity index is 1.63. The van der Waals surface area contributed by atoms with Crippen LogP contribution in [0.3, 0.4) is 0 Å². The first-order chi connectivity index (χ1) is 14.3. The second-order valence-corrected chi connectivity index (χ2v) is 7.92. The summed E-state index contributed by atoms with van der Waals surface area (Å²) in [4.78, 5) is 42.9. The number of halogens is 2. The molecule has 2 heterocycles. The number of anilines is 2. The lowest BCUT2D eigenvalue weighted by Crippen LogP contribution is -2.35. The zero-order valence-electron chi connectivity index (χ0n) is 15.7. The van der Waals surface area contributed by atoms with Crippen LogP contribution in [-0.2, 0) is 4.79 Å². The maximum absolute atomic E-state index is 12.8. The Morgan fingerprint density at radius 3 is 2.47 bits per heavy atom. The van der Waals surface area contributed by atoms with Gasteiger partial charge in [-0.1, -0.05) is 23.2 Å². The number of nitrogens with zero attached hydrogens (tertiary/aromatic N) is 2. The highest BCUT2D eigenvalue weighted by atomic mass is 35.5. The zero-order chi connectivity index (χ0) is 21.7. The molecule has 3 amide bonds. The summed E-state index contributed by atoms with van der Waals surface area (Å²) in [5.74, 6) is -1.15. The fraction of sp³-hybridized carbons (Fsp3) is 0.100. The molecule has 0 saturated heterocycles. The quantitative estimate of drug-likeness (QED) is 0.567. The molecule has 0 radical (unpaired) electrons. The van der Waals surface area contributed by atoms with E-state index in [-0.39, 0.29) is 18.4 Å². The van der Waals surface area contributed by atoms with Crippen LogP contribution in [0.5, 0.6) is 0 Å². The van der Waals surface area contributed by atoms with Crippen LogP contribution in [-0.4, -0.2) is 41.2 Å². The van der Waals surface area contributed by atoms with Gasteiger partial charge in [0.25, 0.3) is 11.8 Å². The third-order valence-corrected chi connectivity index (χ3v) is 5.62. The first-order valence-corrected chi connectivity index (χ1v) is 10.3. The van der Waals surface area contributed by atoms with Crippen molar-refractivity contribution in [2.45, 2.75) is 0 Å². The van der Waals surface area contributed by atoms with Crippen molar-refractivity contribution in [1.29, 1.82) is 0 Å². The Bertz CT molecular complexity index is 1090. The van der Waals surface area contributed by atoms with Gasteiger partial charge in [0, 0.05) is 30.7 Å². The fourth-order valence-corrected chi connectivity index (χ4v) is 3.65. The molecule has 3 rings (SSSR count). The molecule has 30 heavy (non-hydrogen) atoms. The lowest BCUT2D eigenvalue weighted by molar-refractivity contribution is -0.116.